The summed E-state index contributed by atoms with van der Waals surface area (Å²) < 4.78 is 0.0158. The Morgan fingerprint density at radius 1 is 1.45 bits per heavy atom. The Labute approximate surface area is 135 Å². The van der Waals surface area contributed by atoms with Crippen molar-refractivity contribution < 1.29 is 52.7 Å². The Bertz CT molecular complexity index is 208. The number of carboxylic acid groups (broad SMARTS) is 1. The van der Waals surface area contributed by atoms with Crippen LogP contribution in [0.2, 0.25) is -1.06 Å². The van der Waals surface area contributed by atoms with Crippen LogP contribution in [0.4, 0.5) is 0 Å². The summed E-state index contributed by atoms with van der Waals surface area (Å²) in [5.74, 6) is -0.519. The molecule has 54 valence electrons. The summed E-state index contributed by atoms with van der Waals surface area (Å²) >= 11 is 0.548. The maximum absolute atomic E-state index is 11.0. The van der Waals surface area contributed by atoms with Crippen molar-refractivity contribution in [3.8, 4) is 0 Å². The summed E-state index contributed by atoms with van der Waals surface area (Å²) in [5.41, 5.74) is 0.118. The van der Waals surface area contributed by atoms with Crippen molar-refractivity contribution in [1.82, 2.24) is 0 Å². The first kappa shape index (κ1) is 11.8. The van der Waals surface area contributed by atoms with Crippen LogP contribution >= 0.6 is 0 Å². The van der Waals surface area contributed by atoms with Crippen molar-refractivity contribution in [2.75, 3.05) is 0 Å². The van der Waals surface area contributed by atoms with Crippen molar-refractivity contribution in [1.29, 1.82) is 0 Å². The van der Waals surface area contributed by atoms with E-state index in [4.69, 9.17) is 5.11 Å². The fourth-order valence-electron chi connectivity index (χ4n) is 2.13. The second-order valence-corrected chi connectivity index (χ2v) is 15.8. The normalized spacial score (nSPS) is 46.9. The van der Waals surface area contributed by atoms with Crippen LogP contribution in [0.5, 0.6) is 0 Å². The van der Waals surface area contributed by atoms with E-state index >= 15 is 0 Å². The summed E-state index contributed by atoms with van der Waals surface area (Å²) in [4.78, 5) is 11.0. The molecule has 0 bridgehead atoms. The van der Waals surface area contributed by atoms with E-state index in [1.165, 1.54) is 0 Å². The van der Waals surface area contributed by atoms with Gasteiger partial charge < -0.3 is 0 Å². The zero-order valence-corrected chi connectivity index (χ0v) is 21.0. The first-order chi connectivity index (χ1) is 4.69. The minimum atomic E-state index is -0.519. The number of rotatable bonds is 1. The van der Waals surface area contributed by atoms with Crippen LogP contribution in [-0.4, -0.2) is 66.6 Å². The Morgan fingerprint density at radius 3 is 1.73 bits per heavy atom. The third-order valence-corrected chi connectivity index (χ3v) is 32.1. The standard InChI is InChI=1S/C7H10O2.Ra.Rb.H/c1-4-5(6(8)9)7(4,2)3;;;/h1-3H3,(H,8,9);;;. The van der Waals surface area contributed by atoms with Gasteiger partial charge in [0.2, 0.25) is 0 Å². The fourth-order valence-corrected chi connectivity index (χ4v) is 14.8. The number of carboxylic acids is 1. The monoisotopic (exact) mass is 438 g/mol. The van der Waals surface area contributed by atoms with Gasteiger partial charge in [-0.2, -0.15) is 0 Å². The molecule has 0 amide bonds. The molecule has 1 saturated carbocycles. The Balaban J connectivity index is 3.06. The van der Waals surface area contributed by atoms with Crippen molar-refractivity contribution in [3.63, 3.8) is 0 Å². The first-order valence-corrected chi connectivity index (χ1v) is 10.5. The fraction of sp³-hybridized carbons (Fsp3) is 0.857. The third kappa shape index (κ3) is 1.29. The quantitative estimate of drug-likeness (QED) is 0.661. The topological polar surface area (TPSA) is 37.3 Å². The average molecular weight is 439 g/mol. The molecule has 4 heteroatoms. The second-order valence-electron chi connectivity index (χ2n) is 4.68. The van der Waals surface area contributed by atoms with Crippen LogP contribution in [0.15, 0.2) is 0 Å². The van der Waals surface area contributed by atoms with Gasteiger partial charge in [0, 0.05) is 0 Å². The van der Waals surface area contributed by atoms with E-state index in [1.807, 2.05) is 0 Å². The molecule has 2 nitrogen and oxygen atoms in total. The third-order valence-electron chi connectivity index (χ3n) is 4.43. The van der Waals surface area contributed by atoms with Crippen LogP contribution in [-0.2, 0) is 4.79 Å². The summed E-state index contributed by atoms with van der Waals surface area (Å²) in [5, 5.41) is 9.07. The molecule has 0 aliphatic heterocycles. The van der Waals surface area contributed by atoms with Gasteiger partial charge in [0.25, 0.3) is 0 Å². The molecule has 0 saturated heterocycles. The molecule has 1 rings (SSSR count). The van der Waals surface area contributed by atoms with E-state index in [2.05, 4.69) is 20.8 Å². The van der Waals surface area contributed by atoms with Crippen LogP contribution in [0.1, 0.15) is 20.8 Å². The molecule has 0 aromatic carbocycles. The maximum atomic E-state index is 11.0. The summed E-state index contributed by atoms with van der Waals surface area (Å²) in [7, 11) is 0. The van der Waals surface area contributed by atoms with Gasteiger partial charge in [0.05, 0.1) is 0 Å². The van der Waals surface area contributed by atoms with Crippen molar-refractivity contribution in [2.45, 2.75) is 19.7 Å². The van der Waals surface area contributed by atoms with Gasteiger partial charge in [0.1, 0.15) is 0 Å². The summed E-state index contributed by atoms with van der Waals surface area (Å²) in [6.45, 7) is 6.42. The van der Waals surface area contributed by atoms with Crippen molar-refractivity contribution in [2.24, 2.45) is 5.41 Å². The van der Waals surface area contributed by atoms with E-state index in [9.17, 15) is 4.79 Å². The summed E-state index contributed by atoms with van der Waals surface area (Å²) in [6, 6.07) is 0. The molecule has 2 unspecified atom stereocenters. The number of hydrogen-bond donors (Lipinski definition) is 1. The molecule has 0 spiro atoms. The molecular weight excluding hydrogens is 428 g/mol. The molecule has 0 aromatic heterocycles. The Kier molecular flexibility index (Phi) is 3.35. The summed E-state index contributed by atoms with van der Waals surface area (Å²) in [6.07, 6.45) is 0. The Morgan fingerprint density at radius 2 is 1.73 bits per heavy atom. The Hall–Kier alpha value is 2.74. The van der Waals surface area contributed by atoms with Crippen LogP contribution in [0.25, 0.3) is 0 Å². The molecule has 1 fully saturated rings. The van der Waals surface area contributed by atoms with Gasteiger partial charge >= 0.3 is 139 Å². The molecule has 1 aliphatic carbocycles. The van der Waals surface area contributed by atoms with Gasteiger partial charge in [-0.15, -0.1) is 0 Å². The van der Waals surface area contributed by atoms with E-state index in [1.54, 1.807) is 0 Å². The molecule has 0 radical (unpaired) electrons. The second kappa shape index (κ2) is 3.12. The number of hydrogen-bond acceptors (Lipinski definition) is 1. The number of carbonyl (C=O) groups is 1. The molecule has 1 aliphatic rings. The molecule has 0 heterocycles. The van der Waals surface area contributed by atoms with E-state index in [0.717, 1.165) is 0 Å². The molecule has 1 N–H and O–H groups in total. The van der Waals surface area contributed by atoms with Crippen LogP contribution in [0, 0.1) is 48.2 Å². The molecule has 11 heavy (non-hydrogen) atoms. The molecule has 2 atom stereocenters. The number of aliphatic carboxylic acids is 1. The van der Waals surface area contributed by atoms with Crippen LogP contribution in [0.3, 0.4) is 0 Å². The van der Waals surface area contributed by atoms with E-state index in [0.29, 0.717) is 55.5 Å². The first-order valence-electron chi connectivity index (χ1n) is 3.93. The minimum absolute atomic E-state index is 0.0827. The van der Waals surface area contributed by atoms with Gasteiger partial charge in [-0.3, -0.25) is 0 Å². The van der Waals surface area contributed by atoms with Crippen molar-refractivity contribution >= 4 is 61.5 Å². The average Bonchev–Trinajstić information content (AvgIpc) is 2.11. The van der Waals surface area contributed by atoms with Gasteiger partial charge in [-0.25, -0.2) is 0 Å². The zero-order valence-electron chi connectivity index (χ0n) is 7.86. The van der Waals surface area contributed by atoms with Crippen molar-refractivity contribution in [3.05, 3.63) is 0 Å². The zero-order chi connectivity index (χ0) is 9.08. The van der Waals surface area contributed by atoms with E-state index < -0.39 is 5.97 Å². The van der Waals surface area contributed by atoms with Gasteiger partial charge in [-0.05, 0) is 0 Å². The van der Waals surface area contributed by atoms with Gasteiger partial charge in [0.15, 0.2) is 0 Å². The SMILES string of the molecule is CC1(C)[C](C)([Rb])[C]1([RaH])C(=O)O. The molecule has 0 aromatic rings. The molecular formula is C7H11O2RaRb. The van der Waals surface area contributed by atoms with E-state index in [-0.39, 0.29) is 47.1 Å². The predicted octanol–water partition coefficient (Wildman–Crippen LogP) is 0.898. The van der Waals surface area contributed by atoms with Crippen LogP contribution < -0.4 is 0 Å². The predicted molar refractivity (Wildman–Crippen MR) is 39.6 cm³/mol. The van der Waals surface area contributed by atoms with Gasteiger partial charge in [-0.1, -0.05) is 0 Å².